The Kier molecular flexibility index (Phi) is 8.26. The maximum Gasteiger partial charge on any atom is 0.266 e. The number of likely N-dealkylation sites (tertiary alicyclic amines) is 1. The number of ether oxygens (including phenoxy) is 1. The molecule has 31 heavy (non-hydrogen) atoms. The van der Waals surface area contributed by atoms with E-state index in [2.05, 4.69) is 0 Å². The van der Waals surface area contributed by atoms with Crippen molar-refractivity contribution in [2.45, 2.75) is 49.7 Å². The number of allylic oxidation sites excluding steroid dienone is 3. The Hall–Kier alpha value is -1.75. The molecular formula is C21H33N3O6S. The van der Waals surface area contributed by atoms with Crippen LogP contribution in [0.15, 0.2) is 24.3 Å². The highest BCUT2D eigenvalue weighted by Crippen LogP contribution is 2.35. The van der Waals surface area contributed by atoms with E-state index in [4.69, 9.17) is 9.94 Å². The Balaban J connectivity index is 1.54. The second-order valence-electron chi connectivity index (χ2n) is 8.42. The van der Waals surface area contributed by atoms with Gasteiger partial charge >= 0.3 is 0 Å². The van der Waals surface area contributed by atoms with Gasteiger partial charge in [-0.05, 0) is 38.0 Å². The molecule has 0 aliphatic carbocycles. The molecule has 3 aliphatic heterocycles. The zero-order chi connectivity index (χ0) is 22.3. The van der Waals surface area contributed by atoms with Crippen molar-refractivity contribution in [2.75, 3.05) is 39.4 Å². The fourth-order valence-electron chi connectivity index (χ4n) is 4.54. The van der Waals surface area contributed by atoms with Gasteiger partial charge in [0.25, 0.3) is 5.91 Å². The van der Waals surface area contributed by atoms with E-state index in [1.165, 1.54) is 10.7 Å². The quantitative estimate of drug-likeness (QED) is 0.269. The van der Waals surface area contributed by atoms with Gasteiger partial charge < -0.3 is 9.64 Å². The number of nitrogens with one attached hydrogen (secondary N) is 1. The van der Waals surface area contributed by atoms with E-state index in [1.54, 1.807) is 17.6 Å². The molecule has 0 unspecified atom stereocenters. The molecule has 2 amide bonds. The van der Waals surface area contributed by atoms with Crippen molar-refractivity contribution < 1.29 is 28.0 Å². The minimum absolute atomic E-state index is 0.0252. The van der Waals surface area contributed by atoms with Gasteiger partial charge in [0.05, 0.1) is 0 Å². The summed E-state index contributed by atoms with van der Waals surface area (Å²) in [7, 11) is -3.94. The fourth-order valence-corrected chi connectivity index (χ4v) is 6.69. The molecule has 10 heteroatoms. The second-order valence-corrected chi connectivity index (χ2v) is 10.7. The fraction of sp³-hybridized carbons (Fsp3) is 0.714. The largest absolute Gasteiger partial charge is 0.381 e. The zero-order valence-electron chi connectivity index (χ0n) is 17.9. The van der Waals surface area contributed by atoms with Gasteiger partial charge in [-0.15, -0.1) is 0 Å². The maximum absolute atomic E-state index is 13.3. The van der Waals surface area contributed by atoms with Crippen LogP contribution in [0.25, 0.3) is 0 Å². The highest BCUT2D eigenvalue weighted by Gasteiger charge is 2.54. The van der Waals surface area contributed by atoms with Crippen LogP contribution in [0, 0.1) is 5.92 Å². The average molecular weight is 456 g/mol. The van der Waals surface area contributed by atoms with E-state index in [0.717, 1.165) is 25.9 Å². The third-order valence-corrected chi connectivity index (χ3v) is 9.18. The van der Waals surface area contributed by atoms with Crippen molar-refractivity contribution in [3.8, 4) is 0 Å². The van der Waals surface area contributed by atoms with Crippen LogP contribution in [0.4, 0.5) is 0 Å². The number of hydrogen-bond acceptors (Lipinski definition) is 6. The van der Waals surface area contributed by atoms with Crippen LogP contribution in [-0.4, -0.2) is 78.8 Å². The maximum atomic E-state index is 13.3. The lowest BCUT2D eigenvalue weighted by atomic mass is 9.97. The Morgan fingerprint density at radius 2 is 1.65 bits per heavy atom. The number of nitrogens with zero attached hydrogens (tertiary/aromatic N) is 2. The van der Waals surface area contributed by atoms with Crippen molar-refractivity contribution in [2.24, 2.45) is 5.92 Å². The molecule has 9 nitrogen and oxygen atoms in total. The standard InChI is InChI=1S/C21H33N3O6S/c25-19(23-12-4-1-5-13-23)7-3-2-6-18-8-14-24(15-9-18)31(28,29)21(20(26)22-27)10-16-30-17-11-21/h2-3,6-7,18,27H,1,4-5,8-17H2,(H,22,26). The molecule has 0 spiro atoms. The Bertz CT molecular complexity index is 790. The predicted molar refractivity (Wildman–Crippen MR) is 115 cm³/mol. The minimum atomic E-state index is -3.94. The summed E-state index contributed by atoms with van der Waals surface area (Å²) < 4.78 is 31.5. The molecule has 3 saturated heterocycles. The lowest BCUT2D eigenvalue weighted by Crippen LogP contribution is -2.60. The van der Waals surface area contributed by atoms with Crippen molar-refractivity contribution in [1.29, 1.82) is 0 Å². The Morgan fingerprint density at radius 3 is 2.26 bits per heavy atom. The molecule has 0 bridgehead atoms. The van der Waals surface area contributed by atoms with Crippen LogP contribution in [0.3, 0.4) is 0 Å². The summed E-state index contributed by atoms with van der Waals surface area (Å²) in [5, 5.41) is 9.13. The Morgan fingerprint density at radius 1 is 1.00 bits per heavy atom. The first-order valence-corrected chi connectivity index (χ1v) is 12.5. The first-order valence-electron chi connectivity index (χ1n) is 11.1. The summed E-state index contributed by atoms with van der Waals surface area (Å²) in [6, 6.07) is 0. The van der Waals surface area contributed by atoms with Gasteiger partial charge in [0.2, 0.25) is 15.9 Å². The first-order chi connectivity index (χ1) is 14.9. The van der Waals surface area contributed by atoms with Crippen LogP contribution >= 0.6 is 0 Å². The molecule has 3 aliphatic rings. The number of carbonyl (C=O) groups is 2. The number of rotatable bonds is 6. The van der Waals surface area contributed by atoms with Crippen molar-refractivity contribution in [3.63, 3.8) is 0 Å². The summed E-state index contributed by atoms with van der Waals surface area (Å²) in [5.41, 5.74) is 1.55. The summed E-state index contributed by atoms with van der Waals surface area (Å²) in [6.07, 6.45) is 11.8. The summed E-state index contributed by atoms with van der Waals surface area (Å²) in [4.78, 5) is 26.3. The van der Waals surface area contributed by atoms with E-state index >= 15 is 0 Å². The number of piperidine rings is 2. The minimum Gasteiger partial charge on any atom is -0.381 e. The van der Waals surface area contributed by atoms with Crippen LogP contribution < -0.4 is 5.48 Å². The van der Waals surface area contributed by atoms with E-state index in [-0.39, 0.29) is 37.9 Å². The zero-order valence-corrected chi connectivity index (χ0v) is 18.7. The van der Waals surface area contributed by atoms with Gasteiger partial charge in [-0.1, -0.05) is 18.2 Å². The number of hydroxylamine groups is 1. The highest BCUT2D eigenvalue weighted by molar-refractivity contribution is 7.91. The highest BCUT2D eigenvalue weighted by atomic mass is 32.2. The molecule has 0 saturated carbocycles. The normalized spacial score (nSPS) is 24.0. The molecule has 174 valence electrons. The summed E-state index contributed by atoms with van der Waals surface area (Å²) in [5.74, 6) is -0.644. The monoisotopic (exact) mass is 455 g/mol. The summed E-state index contributed by atoms with van der Waals surface area (Å²) in [6.45, 7) is 2.59. The van der Waals surface area contributed by atoms with Crippen molar-refractivity contribution in [1.82, 2.24) is 14.7 Å². The molecular weight excluding hydrogens is 422 g/mol. The number of hydrogen-bond donors (Lipinski definition) is 2. The molecule has 0 aromatic heterocycles. The van der Waals surface area contributed by atoms with Gasteiger partial charge in [-0.2, -0.15) is 0 Å². The van der Waals surface area contributed by atoms with Gasteiger partial charge in [0.15, 0.2) is 4.75 Å². The van der Waals surface area contributed by atoms with Crippen molar-refractivity contribution in [3.05, 3.63) is 24.3 Å². The molecule has 0 aromatic rings. The van der Waals surface area contributed by atoms with Gasteiger partial charge in [0.1, 0.15) is 0 Å². The van der Waals surface area contributed by atoms with Gasteiger partial charge in [-0.25, -0.2) is 18.2 Å². The predicted octanol–water partition coefficient (Wildman–Crippen LogP) is 1.21. The lowest BCUT2D eigenvalue weighted by molar-refractivity contribution is -0.134. The molecule has 0 radical (unpaired) electrons. The second kappa shape index (κ2) is 10.7. The average Bonchev–Trinajstić information content (AvgIpc) is 2.82. The van der Waals surface area contributed by atoms with Crippen LogP contribution in [0.5, 0.6) is 0 Å². The van der Waals surface area contributed by atoms with E-state index in [9.17, 15) is 18.0 Å². The van der Waals surface area contributed by atoms with Crippen molar-refractivity contribution >= 4 is 21.8 Å². The van der Waals surface area contributed by atoms with Gasteiger partial charge in [-0.3, -0.25) is 14.8 Å². The molecule has 3 heterocycles. The van der Waals surface area contributed by atoms with E-state index in [1.807, 2.05) is 17.1 Å². The number of sulfonamides is 1. The third-order valence-electron chi connectivity index (χ3n) is 6.55. The first kappa shape index (κ1) is 23.9. The van der Waals surface area contributed by atoms with Gasteiger partial charge in [0, 0.05) is 58.3 Å². The molecule has 0 aromatic carbocycles. The molecule has 3 fully saturated rings. The van der Waals surface area contributed by atoms with Crippen LogP contribution in [-0.2, 0) is 24.3 Å². The lowest BCUT2D eigenvalue weighted by Gasteiger charge is -2.40. The Labute approximate surface area is 184 Å². The molecule has 0 atom stereocenters. The number of carbonyl (C=O) groups excluding carboxylic acids is 2. The molecule has 3 rings (SSSR count). The van der Waals surface area contributed by atoms with E-state index < -0.39 is 20.7 Å². The third kappa shape index (κ3) is 5.36. The van der Waals surface area contributed by atoms with Crippen LogP contribution in [0.1, 0.15) is 44.9 Å². The topological polar surface area (TPSA) is 116 Å². The smallest absolute Gasteiger partial charge is 0.266 e. The summed E-state index contributed by atoms with van der Waals surface area (Å²) >= 11 is 0. The molecule has 2 N–H and O–H groups in total. The number of amides is 2. The van der Waals surface area contributed by atoms with Crippen LogP contribution in [0.2, 0.25) is 0 Å². The SMILES string of the molecule is O=C(C=CC=CC1CCN(S(=O)(=O)C2(C(=O)NO)CCOCC2)CC1)N1CCCCC1. The van der Waals surface area contributed by atoms with E-state index in [0.29, 0.717) is 25.9 Å².